The van der Waals surface area contributed by atoms with E-state index in [1.807, 2.05) is 6.07 Å². The maximum absolute atomic E-state index is 13.6. The summed E-state index contributed by atoms with van der Waals surface area (Å²) in [4.78, 5) is 27.2. The van der Waals surface area contributed by atoms with E-state index in [0.717, 1.165) is 5.56 Å². The van der Waals surface area contributed by atoms with Gasteiger partial charge in [0.1, 0.15) is 5.75 Å². The van der Waals surface area contributed by atoms with Crippen LogP contribution in [0.4, 0.5) is 5.69 Å². The van der Waals surface area contributed by atoms with Gasteiger partial charge in [-0.15, -0.1) is 0 Å². The van der Waals surface area contributed by atoms with E-state index in [-0.39, 0.29) is 39.8 Å². The summed E-state index contributed by atoms with van der Waals surface area (Å²) in [5.74, 6) is -0.465. The average Bonchev–Trinajstić information content (AvgIpc) is 2.87. The summed E-state index contributed by atoms with van der Waals surface area (Å²) >= 11 is 0. The Morgan fingerprint density at radius 2 is 1.75 bits per heavy atom. The second kappa shape index (κ2) is 8.47. The number of hydrogen-bond donors (Lipinski definition) is 0. The monoisotopic (exact) mass is 451 g/mol. The van der Waals surface area contributed by atoms with Crippen LogP contribution in [0.25, 0.3) is 0 Å². The summed E-state index contributed by atoms with van der Waals surface area (Å²) in [5, 5.41) is 0. The summed E-state index contributed by atoms with van der Waals surface area (Å²) < 4.78 is 37.2. The topological polar surface area (TPSA) is 90.0 Å². The summed E-state index contributed by atoms with van der Waals surface area (Å²) in [6.07, 6.45) is 0. The van der Waals surface area contributed by atoms with Gasteiger partial charge >= 0.3 is 5.97 Å². The van der Waals surface area contributed by atoms with Crippen molar-refractivity contribution in [3.05, 3.63) is 83.4 Å². The molecule has 1 aliphatic heterocycles. The first kappa shape index (κ1) is 21.6. The van der Waals surface area contributed by atoms with E-state index in [2.05, 4.69) is 0 Å². The Kier molecular flexibility index (Phi) is 5.71. The van der Waals surface area contributed by atoms with Crippen molar-refractivity contribution < 1.29 is 27.5 Å². The third-order valence-corrected chi connectivity index (χ3v) is 7.04. The van der Waals surface area contributed by atoms with E-state index >= 15 is 0 Å². The van der Waals surface area contributed by atoms with Gasteiger partial charge in [-0.05, 0) is 55.0 Å². The van der Waals surface area contributed by atoms with Crippen molar-refractivity contribution >= 4 is 27.4 Å². The SMILES string of the molecule is CCOC(=O)c1ccc2c(c1)N(Cc1cccc(OC)c1)C(=O)c1ccccc1S2(=O)=O. The van der Waals surface area contributed by atoms with Crippen LogP contribution in [0.1, 0.15) is 33.2 Å². The zero-order chi connectivity index (χ0) is 22.9. The Morgan fingerprint density at radius 1 is 0.969 bits per heavy atom. The van der Waals surface area contributed by atoms with Gasteiger partial charge in [0.05, 0.1) is 46.9 Å². The quantitative estimate of drug-likeness (QED) is 0.547. The zero-order valence-electron chi connectivity index (χ0n) is 17.6. The number of carbonyl (C=O) groups excluding carboxylic acids is 2. The average molecular weight is 452 g/mol. The zero-order valence-corrected chi connectivity index (χ0v) is 18.4. The minimum absolute atomic E-state index is 0.0493. The van der Waals surface area contributed by atoms with Crippen molar-refractivity contribution in [3.63, 3.8) is 0 Å². The predicted molar refractivity (Wildman–Crippen MR) is 118 cm³/mol. The van der Waals surface area contributed by atoms with E-state index in [9.17, 15) is 18.0 Å². The van der Waals surface area contributed by atoms with Crippen molar-refractivity contribution in [3.8, 4) is 5.75 Å². The highest BCUT2D eigenvalue weighted by Crippen LogP contribution is 2.38. The maximum Gasteiger partial charge on any atom is 0.338 e. The number of anilines is 1. The molecule has 1 amide bonds. The summed E-state index contributed by atoms with van der Waals surface area (Å²) in [6, 6.07) is 17.4. The highest BCUT2D eigenvalue weighted by molar-refractivity contribution is 7.91. The molecule has 0 radical (unpaired) electrons. The molecule has 0 spiro atoms. The number of fused-ring (bicyclic) bond motifs is 2. The fourth-order valence-corrected chi connectivity index (χ4v) is 5.29. The summed E-state index contributed by atoms with van der Waals surface area (Å²) in [5.41, 5.74) is 1.10. The number of rotatable bonds is 5. The molecule has 0 atom stereocenters. The van der Waals surface area contributed by atoms with Crippen molar-refractivity contribution in [2.45, 2.75) is 23.3 Å². The van der Waals surface area contributed by atoms with Crippen LogP contribution in [0.3, 0.4) is 0 Å². The molecule has 0 bridgehead atoms. The first-order valence-electron chi connectivity index (χ1n) is 9.97. The second-order valence-corrected chi connectivity index (χ2v) is 9.03. The number of carbonyl (C=O) groups is 2. The van der Waals surface area contributed by atoms with E-state index < -0.39 is 21.7 Å². The van der Waals surface area contributed by atoms with Gasteiger partial charge in [0.2, 0.25) is 9.84 Å². The Morgan fingerprint density at radius 3 is 2.50 bits per heavy atom. The lowest BCUT2D eigenvalue weighted by Gasteiger charge is -2.23. The highest BCUT2D eigenvalue weighted by atomic mass is 32.2. The molecular formula is C24H21NO6S. The third kappa shape index (κ3) is 3.73. The van der Waals surface area contributed by atoms with Crippen molar-refractivity contribution in [2.24, 2.45) is 0 Å². The molecule has 3 aromatic carbocycles. The lowest BCUT2D eigenvalue weighted by molar-refractivity contribution is 0.0526. The smallest absolute Gasteiger partial charge is 0.338 e. The van der Waals surface area contributed by atoms with Gasteiger partial charge in [0, 0.05) is 0 Å². The third-order valence-electron chi connectivity index (χ3n) is 5.18. The lowest BCUT2D eigenvalue weighted by atomic mass is 10.1. The molecule has 0 unspecified atom stereocenters. The van der Waals surface area contributed by atoms with Crippen molar-refractivity contribution in [2.75, 3.05) is 18.6 Å². The largest absolute Gasteiger partial charge is 0.497 e. The van der Waals surface area contributed by atoms with Crippen LogP contribution < -0.4 is 9.64 Å². The van der Waals surface area contributed by atoms with Crippen LogP contribution in [-0.2, 0) is 21.1 Å². The van der Waals surface area contributed by atoms with Gasteiger partial charge < -0.3 is 14.4 Å². The second-order valence-electron chi connectivity index (χ2n) is 7.15. The number of hydrogen-bond acceptors (Lipinski definition) is 6. The molecule has 8 heteroatoms. The molecule has 164 valence electrons. The number of esters is 1. The van der Waals surface area contributed by atoms with E-state index in [1.165, 1.54) is 35.2 Å². The Hall–Kier alpha value is -3.65. The van der Waals surface area contributed by atoms with Gasteiger partial charge in [-0.1, -0.05) is 24.3 Å². The standard InChI is InChI=1S/C24H21NO6S/c1-3-31-24(27)17-11-12-22-20(14-17)25(15-16-7-6-8-18(13-16)30-2)23(26)19-9-4-5-10-21(19)32(22,28)29/h4-14H,3,15H2,1-2H3. The molecule has 0 saturated carbocycles. The fraction of sp³-hybridized carbons (Fsp3) is 0.167. The molecule has 0 aromatic heterocycles. The Balaban J connectivity index is 1.94. The van der Waals surface area contributed by atoms with Crippen LogP contribution in [0.15, 0.2) is 76.5 Å². The molecule has 0 aliphatic carbocycles. The Labute approximate surface area is 186 Å². The van der Waals surface area contributed by atoms with Crippen LogP contribution in [0.5, 0.6) is 5.75 Å². The van der Waals surface area contributed by atoms with Gasteiger partial charge in [-0.3, -0.25) is 4.79 Å². The molecule has 3 aromatic rings. The minimum atomic E-state index is -4.00. The number of methoxy groups -OCH3 is 1. The first-order valence-corrected chi connectivity index (χ1v) is 11.4. The molecule has 4 rings (SSSR count). The van der Waals surface area contributed by atoms with Crippen LogP contribution in [-0.4, -0.2) is 34.0 Å². The minimum Gasteiger partial charge on any atom is -0.497 e. The van der Waals surface area contributed by atoms with Crippen LogP contribution in [0.2, 0.25) is 0 Å². The molecule has 0 N–H and O–H groups in total. The molecule has 7 nitrogen and oxygen atoms in total. The van der Waals surface area contributed by atoms with Crippen molar-refractivity contribution in [1.29, 1.82) is 0 Å². The first-order chi connectivity index (χ1) is 15.4. The number of nitrogens with zero attached hydrogens (tertiary/aromatic N) is 1. The number of amides is 1. The number of sulfone groups is 1. The number of ether oxygens (including phenoxy) is 2. The van der Waals surface area contributed by atoms with E-state index in [4.69, 9.17) is 9.47 Å². The van der Waals surface area contributed by atoms with E-state index in [0.29, 0.717) is 5.75 Å². The highest BCUT2D eigenvalue weighted by Gasteiger charge is 2.36. The van der Waals surface area contributed by atoms with Gasteiger partial charge in [0.15, 0.2) is 0 Å². The molecule has 1 heterocycles. The van der Waals surface area contributed by atoms with E-state index in [1.54, 1.807) is 44.4 Å². The number of benzene rings is 3. The lowest BCUT2D eigenvalue weighted by Crippen LogP contribution is -2.30. The molecule has 1 aliphatic rings. The Bertz CT molecular complexity index is 1320. The van der Waals surface area contributed by atoms with Gasteiger partial charge in [0.25, 0.3) is 5.91 Å². The molecular weight excluding hydrogens is 430 g/mol. The van der Waals surface area contributed by atoms with Gasteiger partial charge in [-0.25, -0.2) is 13.2 Å². The molecule has 0 fully saturated rings. The normalized spacial score (nSPS) is 14.2. The van der Waals surface area contributed by atoms with Crippen LogP contribution >= 0.6 is 0 Å². The summed E-state index contributed by atoms with van der Waals surface area (Å²) in [7, 11) is -2.46. The van der Waals surface area contributed by atoms with Gasteiger partial charge in [-0.2, -0.15) is 0 Å². The fourth-order valence-electron chi connectivity index (χ4n) is 3.66. The molecule has 32 heavy (non-hydrogen) atoms. The predicted octanol–water partition coefficient (Wildman–Crippen LogP) is 3.87. The summed E-state index contributed by atoms with van der Waals surface area (Å²) in [6.45, 7) is 1.94. The maximum atomic E-state index is 13.6. The van der Waals surface area contributed by atoms with Crippen LogP contribution in [0, 0.1) is 0 Å². The molecule has 0 saturated heterocycles. The van der Waals surface area contributed by atoms with Crippen molar-refractivity contribution in [1.82, 2.24) is 0 Å².